The molecule has 0 atom stereocenters. The van der Waals surface area contributed by atoms with Gasteiger partial charge in [0, 0.05) is 42.2 Å². The lowest BCUT2D eigenvalue weighted by Crippen LogP contribution is -2.21. The number of hydrogen-bond donors (Lipinski definition) is 0. The van der Waals surface area contributed by atoms with E-state index >= 15 is 0 Å². The maximum atomic E-state index is 12.5. The first kappa shape index (κ1) is 22.0. The molecule has 0 aromatic heterocycles. The molecule has 4 rings (SSSR count). The van der Waals surface area contributed by atoms with Gasteiger partial charge in [0.25, 0.3) is 0 Å². The number of rotatable bonds is 7. The molecular weight excluding hydrogens is 412 g/mol. The van der Waals surface area contributed by atoms with Crippen LogP contribution in [0.1, 0.15) is 19.4 Å². The lowest BCUT2D eigenvalue weighted by atomic mass is 10.1. The standard InChI is InChI=1S/C28H28N2OS/c1-4-30(5-2)23-17-14-21(15-18-23)10-6-8-12-24(31)20-27-29(3)28-25-13-9-7-11-22(25)16-19-26(28)32-27/h6-20H,4-5H2,1-3H3/b10-6+,12-8+,27-20+. The van der Waals surface area contributed by atoms with Crippen LogP contribution in [-0.4, -0.2) is 25.9 Å². The molecule has 0 fully saturated rings. The van der Waals surface area contributed by atoms with Gasteiger partial charge in [-0.25, -0.2) is 0 Å². The van der Waals surface area contributed by atoms with E-state index in [2.05, 4.69) is 84.3 Å². The topological polar surface area (TPSA) is 23.6 Å². The van der Waals surface area contributed by atoms with Gasteiger partial charge in [0.05, 0.1) is 10.7 Å². The number of carbonyl (C=O) groups excluding carboxylic acids is 1. The van der Waals surface area contributed by atoms with Crippen molar-refractivity contribution >= 4 is 45.8 Å². The molecule has 4 heteroatoms. The van der Waals surface area contributed by atoms with Crippen LogP contribution in [0.4, 0.5) is 11.4 Å². The van der Waals surface area contributed by atoms with Crippen LogP contribution in [0.2, 0.25) is 0 Å². The van der Waals surface area contributed by atoms with Crippen molar-refractivity contribution < 1.29 is 4.79 Å². The molecule has 3 nitrogen and oxygen atoms in total. The zero-order valence-electron chi connectivity index (χ0n) is 18.8. The molecule has 1 aliphatic rings. The molecular formula is C28H28N2OS. The minimum Gasteiger partial charge on any atom is -0.372 e. The Morgan fingerprint density at radius 1 is 0.969 bits per heavy atom. The number of ketones is 1. The van der Waals surface area contributed by atoms with E-state index in [9.17, 15) is 4.79 Å². The summed E-state index contributed by atoms with van der Waals surface area (Å²) in [6.45, 7) is 6.33. The number of benzene rings is 3. The lowest BCUT2D eigenvalue weighted by molar-refractivity contribution is -0.110. The van der Waals surface area contributed by atoms with Crippen molar-refractivity contribution in [2.45, 2.75) is 18.7 Å². The van der Waals surface area contributed by atoms with Gasteiger partial charge in [0.1, 0.15) is 0 Å². The fourth-order valence-corrected chi connectivity index (χ4v) is 5.06. The molecule has 162 valence electrons. The van der Waals surface area contributed by atoms with Crippen molar-refractivity contribution in [2.24, 2.45) is 0 Å². The Labute approximate surface area is 194 Å². The first-order chi connectivity index (χ1) is 15.6. The van der Waals surface area contributed by atoms with Crippen LogP contribution < -0.4 is 9.80 Å². The highest BCUT2D eigenvalue weighted by Gasteiger charge is 2.24. The summed E-state index contributed by atoms with van der Waals surface area (Å²) < 4.78 is 0. The summed E-state index contributed by atoms with van der Waals surface area (Å²) in [4.78, 5) is 18.1. The van der Waals surface area contributed by atoms with E-state index in [1.54, 1.807) is 30.0 Å². The largest absolute Gasteiger partial charge is 0.372 e. The fraction of sp³-hybridized carbons (Fsp3) is 0.179. The number of hydrogen-bond acceptors (Lipinski definition) is 4. The quantitative estimate of drug-likeness (QED) is 0.294. The predicted molar refractivity (Wildman–Crippen MR) is 139 cm³/mol. The highest BCUT2D eigenvalue weighted by Crippen LogP contribution is 2.48. The van der Waals surface area contributed by atoms with Crippen LogP contribution in [0, 0.1) is 0 Å². The number of anilines is 2. The Morgan fingerprint density at radius 3 is 2.47 bits per heavy atom. The average molecular weight is 441 g/mol. The summed E-state index contributed by atoms with van der Waals surface area (Å²) in [5.41, 5.74) is 3.52. The minimum absolute atomic E-state index is 0.0157. The molecule has 1 aliphatic heterocycles. The SMILES string of the molecule is CCN(CC)c1ccc(/C=C/C=C/C(=O)/C=C2/Sc3ccc4ccccc4c3N2C)cc1. The highest BCUT2D eigenvalue weighted by molar-refractivity contribution is 8.03. The summed E-state index contributed by atoms with van der Waals surface area (Å²) in [6.07, 6.45) is 9.06. The maximum Gasteiger partial charge on any atom is 0.181 e. The van der Waals surface area contributed by atoms with Crippen molar-refractivity contribution in [3.05, 3.63) is 95.6 Å². The third-order valence-electron chi connectivity index (χ3n) is 5.69. The van der Waals surface area contributed by atoms with Crippen LogP contribution >= 0.6 is 11.8 Å². The van der Waals surface area contributed by atoms with Gasteiger partial charge in [-0.15, -0.1) is 0 Å². The van der Waals surface area contributed by atoms with Crippen LogP contribution in [0.3, 0.4) is 0 Å². The molecule has 0 amide bonds. The van der Waals surface area contributed by atoms with E-state index in [1.165, 1.54) is 27.0 Å². The van der Waals surface area contributed by atoms with Crippen LogP contribution in [0.25, 0.3) is 16.8 Å². The van der Waals surface area contributed by atoms with Gasteiger partial charge in [-0.05, 0) is 49.1 Å². The second-order valence-corrected chi connectivity index (χ2v) is 8.72. The molecule has 32 heavy (non-hydrogen) atoms. The van der Waals surface area contributed by atoms with Crippen molar-refractivity contribution in [1.82, 2.24) is 0 Å². The van der Waals surface area contributed by atoms with Gasteiger partial charge in [0.15, 0.2) is 5.78 Å². The predicted octanol–water partition coefficient (Wildman–Crippen LogP) is 6.91. The molecule has 3 aromatic rings. The molecule has 0 saturated carbocycles. The van der Waals surface area contributed by atoms with Crippen LogP contribution in [0.5, 0.6) is 0 Å². The first-order valence-corrected chi connectivity index (χ1v) is 11.8. The molecule has 0 aliphatic carbocycles. The second kappa shape index (κ2) is 9.92. The van der Waals surface area contributed by atoms with E-state index in [0.29, 0.717) is 0 Å². The maximum absolute atomic E-state index is 12.5. The van der Waals surface area contributed by atoms with E-state index in [-0.39, 0.29) is 5.78 Å². The highest BCUT2D eigenvalue weighted by atomic mass is 32.2. The molecule has 0 spiro atoms. The number of carbonyl (C=O) groups is 1. The number of allylic oxidation sites excluding steroid dienone is 4. The molecule has 1 heterocycles. The third kappa shape index (κ3) is 4.66. The Kier molecular flexibility index (Phi) is 6.81. The first-order valence-electron chi connectivity index (χ1n) is 11.0. The van der Waals surface area contributed by atoms with Gasteiger partial charge < -0.3 is 9.80 Å². The molecule has 0 radical (unpaired) electrons. The second-order valence-electron chi connectivity index (χ2n) is 7.66. The molecule has 0 unspecified atom stereocenters. The van der Waals surface area contributed by atoms with E-state index in [4.69, 9.17) is 0 Å². The zero-order chi connectivity index (χ0) is 22.5. The van der Waals surface area contributed by atoms with Gasteiger partial charge in [-0.1, -0.05) is 72.5 Å². The monoisotopic (exact) mass is 440 g/mol. The molecule has 0 bridgehead atoms. The van der Waals surface area contributed by atoms with E-state index in [1.807, 2.05) is 19.2 Å². The Bertz CT molecular complexity index is 1200. The van der Waals surface area contributed by atoms with Gasteiger partial charge in [-0.2, -0.15) is 0 Å². The minimum atomic E-state index is -0.0157. The van der Waals surface area contributed by atoms with Crippen molar-refractivity contribution in [3.63, 3.8) is 0 Å². The van der Waals surface area contributed by atoms with Crippen LogP contribution in [-0.2, 0) is 4.79 Å². The summed E-state index contributed by atoms with van der Waals surface area (Å²) in [5.74, 6) is -0.0157. The van der Waals surface area contributed by atoms with Crippen LogP contribution in [0.15, 0.2) is 94.9 Å². The number of thioether (sulfide) groups is 1. The third-order valence-corrected chi connectivity index (χ3v) is 6.84. The Morgan fingerprint density at radius 2 is 1.72 bits per heavy atom. The number of fused-ring (bicyclic) bond motifs is 3. The summed E-state index contributed by atoms with van der Waals surface area (Å²) >= 11 is 1.64. The average Bonchev–Trinajstić information content (AvgIpc) is 3.14. The summed E-state index contributed by atoms with van der Waals surface area (Å²) in [6, 6.07) is 21.1. The normalized spacial score (nSPS) is 14.7. The lowest BCUT2D eigenvalue weighted by Gasteiger charge is -2.20. The van der Waals surface area contributed by atoms with Crippen molar-refractivity contribution in [3.8, 4) is 0 Å². The zero-order valence-corrected chi connectivity index (χ0v) is 19.6. The molecule has 3 aromatic carbocycles. The molecule has 0 saturated heterocycles. The van der Waals surface area contributed by atoms with Crippen molar-refractivity contribution in [2.75, 3.05) is 29.9 Å². The number of nitrogens with zero attached hydrogens (tertiary/aromatic N) is 2. The summed E-state index contributed by atoms with van der Waals surface area (Å²) in [7, 11) is 2.02. The Balaban J connectivity index is 1.41. The van der Waals surface area contributed by atoms with E-state index < -0.39 is 0 Å². The molecule has 0 N–H and O–H groups in total. The Hall–Kier alpha value is -3.24. The summed E-state index contributed by atoms with van der Waals surface area (Å²) in [5, 5.41) is 3.37. The van der Waals surface area contributed by atoms with Gasteiger partial charge >= 0.3 is 0 Å². The van der Waals surface area contributed by atoms with Gasteiger partial charge in [0.2, 0.25) is 0 Å². The smallest absolute Gasteiger partial charge is 0.181 e. The van der Waals surface area contributed by atoms with E-state index in [0.717, 1.165) is 23.7 Å². The van der Waals surface area contributed by atoms with Gasteiger partial charge in [-0.3, -0.25) is 4.79 Å². The van der Waals surface area contributed by atoms with Crippen molar-refractivity contribution in [1.29, 1.82) is 0 Å². The fourth-order valence-electron chi connectivity index (χ4n) is 3.95.